The zero-order chi connectivity index (χ0) is 24.8. The van der Waals surface area contributed by atoms with Crippen molar-refractivity contribution in [2.45, 2.75) is 58.5 Å². The molecule has 2 saturated heterocycles. The molecule has 5 heterocycles. The molecule has 4 aromatic rings. The van der Waals surface area contributed by atoms with Crippen LogP contribution >= 0.6 is 0 Å². The number of aromatic nitrogens is 5. The average Bonchev–Trinajstić information content (AvgIpc) is 3.52. The van der Waals surface area contributed by atoms with E-state index < -0.39 is 0 Å². The number of carbonyl (C=O) groups excluding carboxylic acids is 1. The highest BCUT2D eigenvalue weighted by Crippen LogP contribution is 2.37. The highest BCUT2D eigenvalue weighted by molar-refractivity contribution is 5.75. The van der Waals surface area contributed by atoms with Crippen molar-refractivity contribution in [3.8, 4) is 0 Å². The second-order valence-electron chi connectivity index (χ2n) is 10.1. The molecular formula is C27H32N8O. The maximum atomic E-state index is 11.7. The molecule has 9 nitrogen and oxygen atoms in total. The lowest BCUT2D eigenvalue weighted by Crippen LogP contribution is -2.41. The number of aryl methyl sites for hydroxylation is 2. The molecule has 6 rings (SSSR count). The van der Waals surface area contributed by atoms with E-state index in [1.165, 1.54) is 5.56 Å². The lowest BCUT2D eigenvalue weighted by molar-refractivity contribution is -0.129. The van der Waals surface area contributed by atoms with Gasteiger partial charge in [-0.1, -0.05) is 6.07 Å². The molecule has 186 valence electrons. The van der Waals surface area contributed by atoms with Crippen LogP contribution in [0.25, 0.3) is 16.7 Å². The summed E-state index contributed by atoms with van der Waals surface area (Å²) in [4.78, 5) is 30.4. The first kappa shape index (κ1) is 22.7. The van der Waals surface area contributed by atoms with Crippen LogP contribution in [0.2, 0.25) is 0 Å². The number of carbonyl (C=O) groups is 1. The number of anilines is 2. The van der Waals surface area contributed by atoms with Crippen LogP contribution in [0.15, 0.2) is 36.5 Å². The van der Waals surface area contributed by atoms with Gasteiger partial charge in [-0.2, -0.15) is 4.52 Å². The van der Waals surface area contributed by atoms with Crippen molar-refractivity contribution in [3.05, 3.63) is 53.5 Å². The summed E-state index contributed by atoms with van der Waals surface area (Å²) in [5.41, 5.74) is 5.90. The second-order valence-corrected chi connectivity index (χ2v) is 10.1. The number of fused-ring (bicyclic) bond motifs is 2. The third-order valence-corrected chi connectivity index (χ3v) is 7.53. The molecule has 0 bridgehead atoms. The van der Waals surface area contributed by atoms with Gasteiger partial charge < -0.3 is 15.1 Å². The molecule has 9 heteroatoms. The zero-order valence-corrected chi connectivity index (χ0v) is 21.1. The van der Waals surface area contributed by atoms with E-state index in [2.05, 4.69) is 47.2 Å². The van der Waals surface area contributed by atoms with Gasteiger partial charge in [0.15, 0.2) is 11.5 Å². The molecule has 1 amide bonds. The third kappa shape index (κ3) is 4.12. The molecule has 0 spiro atoms. The summed E-state index contributed by atoms with van der Waals surface area (Å²) in [5.74, 6) is 2.00. The number of hydrogen-bond donors (Lipinski definition) is 1. The number of piperidine rings is 1. The highest BCUT2D eigenvalue weighted by Gasteiger charge is 2.31. The van der Waals surface area contributed by atoms with E-state index in [1.54, 1.807) is 6.92 Å². The van der Waals surface area contributed by atoms with Crippen LogP contribution in [-0.4, -0.2) is 61.0 Å². The van der Waals surface area contributed by atoms with Crippen LogP contribution in [0.3, 0.4) is 0 Å². The summed E-state index contributed by atoms with van der Waals surface area (Å²) in [5, 5.41) is 8.64. The van der Waals surface area contributed by atoms with Gasteiger partial charge in [0.25, 0.3) is 0 Å². The van der Waals surface area contributed by atoms with Gasteiger partial charge in [0.1, 0.15) is 5.82 Å². The Kier molecular flexibility index (Phi) is 5.70. The van der Waals surface area contributed by atoms with Crippen molar-refractivity contribution in [3.63, 3.8) is 0 Å². The molecule has 2 aliphatic heterocycles. The van der Waals surface area contributed by atoms with Crippen molar-refractivity contribution in [2.75, 3.05) is 29.9 Å². The summed E-state index contributed by atoms with van der Waals surface area (Å²) in [6, 6.07) is 10.7. The molecule has 1 aromatic carbocycles. The van der Waals surface area contributed by atoms with E-state index in [9.17, 15) is 4.79 Å². The van der Waals surface area contributed by atoms with Gasteiger partial charge in [-0.25, -0.2) is 15.0 Å². The summed E-state index contributed by atoms with van der Waals surface area (Å²) < 4.78 is 1.91. The van der Waals surface area contributed by atoms with Crippen LogP contribution in [0.4, 0.5) is 11.6 Å². The summed E-state index contributed by atoms with van der Waals surface area (Å²) in [6.07, 6.45) is 5.78. The summed E-state index contributed by atoms with van der Waals surface area (Å²) in [6.45, 7) is 8.28. The Balaban J connectivity index is 1.28. The predicted octanol–water partition coefficient (Wildman–Crippen LogP) is 4.05. The number of benzene rings is 1. The van der Waals surface area contributed by atoms with Gasteiger partial charge in [-0.3, -0.25) is 4.79 Å². The SMILES string of the molecule is CC(=O)N1CCC(Nc2ccnc3cc(N4CCCC4c4nc5cc(C)ccc5nc4C)nn23)CC1. The molecule has 0 saturated carbocycles. The molecule has 1 unspecified atom stereocenters. The Morgan fingerprint density at radius 3 is 2.64 bits per heavy atom. The Hall–Kier alpha value is -3.75. The minimum atomic E-state index is 0.139. The average molecular weight is 485 g/mol. The summed E-state index contributed by atoms with van der Waals surface area (Å²) >= 11 is 0. The monoisotopic (exact) mass is 484 g/mol. The van der Waals surface area contributed by atoms with Gasteiger partial charge >= 0.3 is 0 Å². The maximum Gasteiger partial charge on any atom is 0.219 e. The maximum absolute atomic E-state index is 11.7. The van der Waals surface area contributed by atoms with Crippen LogP contribution in [0.1, 0.15) is 55.6 Å². The minimum Gasteiger partial charge on any atom is -0.367 e. The fourth-order valence-electron chi connectivity index (χ4n) is 5.59. The van der Waals surface area contributed by atoms with Gasteiger partial charge in [-0.15, -0.1) is 5.10 Å². The third-order valence-electron chi connectivity index (χ3n) is 7.53. The van der Waals surface area contributed by atoms with Gasteiger partial charge in [-0.05, 0) is 63.3 Å². The number of nitrogens with zero attached hydrogens (tertiary/aromatic N) is 7. The van der Waals surface area contributed by atoms with Crippen LogP contribution in [0.5, 0.6) is 0 Å². The van der Waals surface area contributed by atoms with Crippen molar-refractivity contribution in [1.29, 1.82) is 0 Å². The van der Waals surface area contributed by atoms with E-state index in [-0.39, 0.29) is 11.9 Å². The van der Waals surface area contributed by atoms with Crippen molar-refractivity contribution >= 4 is 34.2 Å². The first-order valence-corrected chi connectivity index (χ1v) is 12.8. The summed E-state index contributed by atoms with van der Waals surface area (Å²) in [7, 11) is 0. The first-order chi connectivity index (χ1) is 17.5. The molecule has 1 N–H and O–H groups in total. The highest BCUT2D eigenvalue weighted by atomic mass is 16.2. The topological polar surface area (TPSA) is 91.5 Å². The minimum absolute atomic E-state index is 0.139. The lowest BCUT2D eigenvalue weighted by atomic mass is 10.1. The Labute approximate surface area is 210 Å². The van der Waals surface area contributed by atoms with Crippen molar-refractivity contribution in [1.82, 2.24) is 29.5 Å². The molecule has 2 fully saturated rings. The zero-order valence-electron chi connectivity index (χ0n) is 21.1. The molecule has 2 aliphatic rings. The van der Waals surface area contributed by atoms with E-state index in [1.807, 2.05) is 27.7 Å². The van der Waals surface area contributed by atoms with E-state index in [0.29, 0.717) is 6.04 Å². The standard InChI is InChI=1S/C27H32N8O/c1-17-6-7-21-22(15-17)31-27(18(2)29-21)23-5-4-12-34(23)26-16-25-28-11-8-24(35(25)32-26)30-20-9-13-33(14-10-20)19(3)36/h6-8,11,15-16,20,23,30H,4-5,9-10,12-14H2,1-3H3. The fourth-order valence-corrected chi connectivity index (χ4v) is 5.59. The van der Waals surface area contributed by atoms with Crippen LogP contribution in [-0.2, 0) is 4.79 Å². The molecule has 0 aliphatic carbocycles. The smallest absolute Gasteiger partial charge is 0.219 e. The number of amides is 1. The second kappa shape index (κ2) is 9.04. The quantitative estimate of drug-likeness (QED) is 0.467. The van der Waals surface area contributed by atoms with E-state index in [0.717, 1.165) is 85.0 Å². The van der Waals surface area contributed by atoms with Crippen LogP contribution in [0, 0.1) is 13.8 Å². The van der Waals surface area contributed by atoms with E-state index in [4.69, 9.17) is 15.1 Å². The Morgan fingerprint density at radius 1 is 1.00 bits per heavy atom. The van der Waals surface area contributed by atoms with Gasteiger partial charge in [0, 0.05) is 44.9 Å². The Morgan fingerprint density at radius 2 is 1.83 bits per heavy atom. The largest absolute Gasteiger partial charge is 0.367 e. The molecule has 0 radical (unpaired) electrons. The Bertz CT molecular complexity index is 1440. The van der Waals surface area contributed by atoms with E-state index >= 15 is 0 Å². The number of hydrogen-bond acceptors (Lipinski definition) is 7. The normalized spacial score (nSPS) is 18.9. The van der Waals surface area contributed by atoms with Gasteiger partial charge in [0.2, 0.25) is 5.91 Å². The molecular weight excluding hydrogens is 452 g/mol. The predicted molar refractivity (Wildman–Crippen MR) is 140 cm³/mol. The van der Waals surface area contributed by atoms with Crippen molar-refractivity contribution in [2.24, 2.45) is 0 Å². The first-order valence-electron chi connectivity index (χ1n) is 12.8. The van der Waals surface area contributed by atoms with Gasteiger partial charge in [0.05, 0.1) is 28.5 Å². The van der Waals surface area contributed by atoms with Crippen LogP contribution < -0.4 is 10.2 Å². The molecule has 1 atom stereocenters. The number of likely N-dealkylation sites (tertiary alicyclic amines) is 1. The number of rotatable bonds is 4. The lowest BCUT2D eigenvalue weighted by Gasteiger charge is -2.32. The number of nitrogens with one attached hydrogen (secondary N) is 1. The fraction of sp³-hybridized carbons (Fsp3) is 0.444. The molecule has 3 aromatic heterocycles. The van der Waals surface area contributed by atoms with Crippen molar-refractivity contribution < 1.29 is 4.79 Å². The molecule has 36 heavy (non-hydrogen) atoms.